The Morgan fingerprint density at radius 2 is 0.870 bits per heavy atom. The van der Waals surface area contributed by atoms with Gasteiger partial charge in [0.05, 0.1) is 33.5 Å². The number of nitrogens with zero attached hydrogens (tertiary/aromatic N) is 4. The molecule has 0 bridgehead atoms. The van der Waals surface area contributed by atoms with Crippen molar-refractivity contribution < 1.29 is 0 Å². The molecule has 8 aromatic carbocycles. The second-order valence-corrected chi connectivity index (χ2v) is 13.8. The minimum absolute atomic E-state index is 0.640. The van der Waals surface area contributed by atoms with Gasteiger partial charge >= 0.3 is 0 Å². The summed E-state index contributed by atoms with van der Waals surface area (Å²) in [4.78, 5) is 10.6. The highest BCUT2D eigenvalue weighted by Gasteiger charge is 2.23. The van der Waals surface area contributed by atoms with Gasteiger partial charge in [-0.15, -0.1) is 0 Å². The highest BCUT2D eigenvalue weighted by atomic mass is 15.2. The third-order valence-electron chi connectivity index (χ3n) is 10.7. The Balaban J connectivity index is 1.25. The molecule has 0 aliphatic carbocycles. The number of fused-ring (bicyclic) bond motifs is 9. The molecule has 4 heteroatoms. The topological polar surface area (TPSA) is 35.6 Å². The molecule has 54 heavy (non-hydrogen) atoms. The normalized spacial score (nSPS) is 11.7. The zero-order valence-corrected chi connectivity index (χ0v) is 29.3. The lowest BCUT2D eigenvalue weighted by molar-refractivity contribution is 0.996. The Hall–Kier alpha value is -7.30. The number of benzene rings is 8. The van der Waals surface area contributed by atoms with E-state index in [-0.39, 0.29) is 0 Å². The Bertz CT molecular complexity index is 3120. The Kier molecular flexibility index (Phi) is 6.82. The highest BCUT2D eigenvalue weighted by molar-refractivity contribution is 6.30. The molecule has 3 aromatic heterocycles. The van der Waals surface area contributed by atoms with Crippen molar-refractivity contribution in [3.8, 4) is 45.3 Å². The first-order valence-corrected chi connectivity index (χ1v) is 18.3. The summed E-state index contributed by atoms with van der Waals surface area (Å²) in [6, 6.07) is 69.0. The molecule has 0 radical (unpaired) electrons. The summed E-state index contributed by atoms with van der Waals surface area (Å²) in [7, 11) is 0. The smallest absolute Gasteiger partial charge is 0.235 e. The maximum atomic E-state index is 5.30. The first-order chi connectivity index (χ1) is 26.8. The van der Waals surface area contributed by atoms with E-state index in [1.54, 1.807) is 0 Å². The van der Waals surface area contributed by atoms with Crippen LogP contribution in [0.3, 0.4) is 0 Å². The van der Waals surface area contributed by atoms with E-state index in [0.29, 0.717) is 5.95 Å². The number of hydrogen-bond donors (Lipinski definition) is 0. The van der Waals surface area contributed by atoms with Crippen LogP contribution in [0.25, 0.3) is 99.7 Å². The van der Waals surface area contributed by atoms with Gasteiger partial charge in [-0.2, -0.15) is 0 Å². The number of hydrogen-bond acceptors (Lipinski definition) is 2. The lowest BCUT2D eigenvalue weighted by atomic mass is 10.0. The van der Waals surface area contributed by atoms with Crippen LogP contribution in [0.15, 0.2) is 194 Å². The quantitative estimate of drug-likeness (QED) is 0.180. The predicted octanol–water partition coefficient (Wildman–Crippen LogP) is 12.8. The molecule has 0 saturated carbocycles. The molecule has 0 amide bonds. The van der Waals surface area contributed by atoms with E-state index >= 15 is 0 Å². The van der Waals surface area contributed by atoms with Gasteiger partial charge in [-0.1, -0.05) is 158 Å². The van der Waals surface area contributed by atoms with Crippen molar-refractivity contribution in [2.75, 3.05) is 0 Å². The predicted molar refractivity (Wildman–Crippen MR) is 225 cm³/mol. The van der Waals surface area contributed by atoms with E-state index in [2.05, 4.69) is 191 Å². The molecule has 0 spiro atoms. The lowest BCUT2D eigenvalue weighted by Gasteiger charge is -2.12. The van der Waals surface area contributed by atoms with Gasteiger partial charge in [-0.05, 0) is 58.3 Å². The monoisotopic (exact) mass is 688 g/mol. The maximum absolute atomic E-state index is 5.30. The van der Waals surface area contributed by atoms with E-state index in [4.69, 9.17) is 9.97 Å². The highest BCUT2D eigenvalue weighted by Crippen LogP contribution is 2.44. The van der Waals surface area contributed by atoms with Crippen LogP contribution in [0.2, 0.25) is 0 Å². The first-order valence-electron chi connectivity index (χ1n) is 18.3. The second-order valence-electron chi connectivity index (χ2n) is 13.8. The maximum Gasteiger partial charge on any atom is 0.235 e. The summed E-state index contributed by atoms with van der Waals surface area (Å²) in [5.41, 5.74) is 11.8. The fourth-order valence-corrected chi connectivity index (χ4v) is 8.29. The fraction of sp³-hybridized carbons (Fsp3) is 0. The molecule has 0 saturated heterocycles. The van der Waals surface area contributed by atoms with Gasteiger partial charge in [0.25, 0.3) is 0 Å². The summed E-state index contributed by atoms with van der Waals surface area (Å²) in [5.74, 6) is 0.640. The van der Waals surface area contributed by atoms with Gasteiger partial charge in [0.15, 0.2) is 0 Å². The SMILES string of the molecule is c1ccc(-c2ccc(-n3c4ccc5ccccc5c4c4ccc5c(c6ccccc6n5-c5nc(-c6ccccc6)cc(-c6ccccc6)n5)c43)cc2)cc1. The zero-order valence-electron chi connectivity index (χ0n) is 29.3. The first kappa shape index (κ1) is 30.3. The number of para-hydroxylation sites is 1. The summed E-state index contributed by atoms with van der Waals surface area (Å²) < 4.78 is 4.71. The third kappa shape index (κ3) is 4.70. The fourth-order valence-electron chi connectivity index (χ4n) is 8.29. The summed E-state index contributed by atoms with van der Waals surface area (Å²) in [6.07, 6.45) is 0. The van der Waals surface area contributed by atoms with Crippen molar-refractivity contribution in [1.82, 2.24) is 19.1 Å². The van der Waals surface area contributed by atoms with Gasteiger partial charge in [-0.25, -0.2) is 9.97 Å². The molecule has 0 fully saturated rings. The van der Waals surface area contributed by atoms with Gasteiger partial charge in [0.1, 0.15) is 0 Å². The van der Waals surface area contributed by atoms with Gasteiger partial charge in [-0.3, -0.25) is 4.57 Å². The van der Waals surface area contributed by atoms with E-state index in [1.807, 2.05) is 12.1 Å². The number of rotatable bonds is 5. The minimum Gasteiger partial charge on any atom is -0.309 e. The number of aromatic nitrogens is 4. The molecule has 252 valence electrons. The third-order valence-corrected chi connectivity index (χ3v) is 10.7. The van der Waals surface area contributed by atoms with Gasteiger partial charge in [0, 0.05) is 38.4 Å². The molecule has 0 aliphatic heterocycles. The van der Waals surface area contributed by atoms with Crippen LogP contribution in [-0.2, 0) is 0 Å². The van der Waals surface area contributed by atoms with Crippen molar-refractivity contribution in [1.29, 1.82) is 0 Å². The van der Waals surface area contributed by atoms with E-state index in [9.17, 15) is 0 Å². The minimum atomic E-state index is 0.640. The summed E-state index contributed by atoms with van der Waals surface area (Å²) in [5, 5.41) is 7.27. The van der Waals surface area contributed by atoms with Crippen LogP contribution in [0.5, 0.6) is 0 Å². The van der Waals surface area contributed by atoms with Crippen molar-refractivity contribution >= 4 is 54.4 Å². The van der Waals surface area contributed by atoms with Crippen LogP contribution in [-0.4, -0.2) is 19.1 Å². The summed E-state index contributed by atoms with van der Waals surface area (Å²) in [6.45, 7) is 0. The summed E-state index contributed by atoms with van der Waals surface area (Å²) >= 11 is 0. The van der Waals surface area contributed by atoms with E-state index in [0.717, 1.165) is 44.6 Å². The molecule has 0 aliphatic rings. The van der Waals surface area contributed by atoms with Crippen molar-refractivity contribution in [2.24, 2.45) is 0 Å². The zero-order chi connectivity index (χ0) is 35.6. The molecule has 0 N–H and O–H groups in total. The lowest BCUT2D eigenvalue weighted by Crippen LogP contribution is -2.04. The standard InChI is InChI=1S/C50H32N4/c1-4-14-33(15-5-1)34-24-27-38(28-25-34)53-45-30-26-35-16-10-11-21-39(35)47(45)41-29-31-46-48(49(41)53)40-22-12-13-23-44(40)54(46)50-51-42(36-17-6-2-7-18-36)32-43(52-50)37-19-8-3-9-20-37/h1-32H. The molecule has 3 heterocycles. The van der Waals surface area contributed by atoms with E-state index in [1.165, 1.54) is 49.1 Å². The Labute approximate surface area is 311 Å². The van der Waals surface area contributed by atoms with Crippen molar-refractivity contribution in [3.05, 3.63) is 194 Å². The average Bonchev–Trinajstić information content (AvgIpc) is 3.78. The van der Waals surface area contributed by atoms with Crippen LogP contribution in [0.4, 0.5) is 0 Å². The van der Waals surface area contributed by atoms with Crippen LogP contribution in [0.1, 0.15) is 0 Å². The van der Waals surface area contributed by atoms with Gasteiger partial charge < -0.3 is 4.57 Å². The van der Waals surface area contributed by atoms with Crippen LogP contribution < -0.4 is 0 Å². The molecule has 11 aromatic rings. The van der Waals surface area contributed by atoms with Crippen molar-refractivity contribution in [3.63, 3.8) is 0 Å². The molecular formula is C50H32N4. The van der Waals surface area contributed by atoms with Crippen molar-refractivity contribution in [2.45, 2.75) is 0 Å². The molecule has 0 unspecified atom stereocenters. The molecular weight excluding hydrogens is 657 g/mol. The molecule has 4 nitrogen and oxygen atoms in total. The second kappa shape index (κ2) is 12.1. The Morgan fingerprint density at radius 3 is 1.56 bits per heavy atom. The Morgan fingerprint density at radius 1 is 0.333 bits per heavy atom. The van der Waals surface area contributed by atoms with Gasteiger partial charge in [0.2, 0.25) is 5.95 Å². The molecule has 11 rings (SSSR count). The van der Waals surface area contributed by atoms with E-state index < -0.39 is 0 Å². The van der Waals surface area contributed by atoms with Crippen LogP contribution >= 0.6 is 0 Å². The largest absolute Gasteiger partial charge is 0.309 e. The van der Waals surface area contributed by atoms with Crippen LogP contribution in [0, 0.1) is 0 Å². The molecule has 0 atom stereocenters. The average molecular weight is 689 g/mol.